The van der Waals surface area contributed by atoms with Gasteiger partial charge in [0.2, 0.25) is 10.0 Å². The first-order chi connectivity index (χ1) is 6.93. The maximum atomic E-state index is 11.8. The molecule has 0 aliphatic carbocycles. The second-order valence-corrected chi connectivity index (χ2v) is 5.90. The van der Waals surface area contributed by atoms with Crippen molar-refractivity contribution in [1.82, 2.24) is 4.72 Å². The summed E-state index contributed by atoms with van der Waals surface area (Å²) in [7, 11) is -3.56. The Morgan fingerprint density at radius 3 is 2.73 bits per heavy atom. The summed E-state index contributed by atoms with van der Waals surface area (Å²) in [6.07, 6.45) is 0.941. The van der Waals surface area contributed by atoms with Gasteiger partial charge in [-0.3, -0.25) is 0 Å². The van der Waals surface area contributed by atoms with E-state index < -0.39 is 20.8 Å². The van der Waals surface area contributed by atoms with E-state index in [2.05, 4.69) is 4.72 Å². The summed E-state index contributed by atoms with van der Waals surface area (Å²) >= 11 is 0. The first-order valence-corrected chi connectivity index (χ1v) is 6.48. The Balaban J connectivity index is 2.76. The summed E-state index contributed by atoms with van der Waals surface area (Å²) in [5.41, 5.74) is -0.552. The van der Waals surface area contributed by atoms with E-state index in [1.165, 1.54) is 0 Å². The number of ether oxygens (including phenoxy) is 1. The highest BCUT2D eigenvalue weighted by Gasteiger charge is 2.36. The van der Waals surface area contributed by atoms with Crippen molar-refractivity contribution in [3.8, 4) is 6.07 Å². The SMILES string of the molecule is CCC(C#N)S(=O)(=O)NC1(C)CCOC1. The first kappa shape index (κ1) is 12.4. The smallest absolute Gasteiger partial charge is 0.228 e. The molecule has 1 N–H and O–H groups in total. The monoisotopic (exact) mass is 232 g/mol. The predicted molar refractivity (Wildman–Crippen MR) is 55.6 cm³/mol. The Hall–Kier alpha value is -0.640. The number of rotatable bonds is 4. The zero-order valence-corrected chi connectivity index (χ0v) is 9.80. The van der Waals surface area contributed by atoms with E-state index in [0.717, 1.165) is 0 Å². The third-order valence-electron chi connectivity index (χ3n) is 2.50. The standard InChI is InChI=1S/C9H16N2O3S/c1-3-8(6-10)15(12,13)11-9(2)4-5-14-7-9/h8,11H,3-5,7H2,1-2H3. The zero-order chi connectivity index (χ0) is 11.5. The minimum Gasteiger partial charge on any atom is -0.379 e. The van der Waals surface area contributed by atoms with Crippen molar-refractivity contribution in [2.45, 2.75) is 37.5 Å². The van der Waals surface area contributed by atoms with Crippen LogP contribution in [0.25, 0.3) is 0 Å². The van der Waals surface area contributed by atoms with Gasteiger partial charge in [0.1, 0.15) is 0 Å². The molecule has 0 saturated carbocycles. The molecule has 0 amide bonds. The fourth-order valence-electron chi connectivity index (χ4n) is 1.54. The molecule has 6 heteroatoms. The van der Waals surface area contributed by atoms with Crippen LogP contribution in [0.15, 0.2) is 0 Å². The molecule has 2 unspecified atom stereocenters. The summed E-state index contributed by atoms with van der Waals surface area (Å²) in [5.74, 6) is 0. The van der Waals surface area contributed by atoms with Crippen LogP contribution in [-0.2, 0) is 14.8 Å². The summed E-state index contributed by atoms with van der Waals surface area (Å²) in [6.45, 7) is 4.40. The zero-order valence-electron chi connectivity index (χ0n) is 8.99. The number of nitrogens with one attached hydrogen (secondary N) is 1. The average molecular weight is 232 g/mol. The van der Waals surface area contributed by atoms with Crippen LogP contribution in [0.5, 0.6) is 0 Å². The van der Waals surface area contributed by atoms with Gasteiger partial charge >= 0.3 is 0 Å². The van der Waals surface area contributed by atoms with E-state index in [-0.39, 0.29) is 0 Å². The van der Waals surface area contributed by atoms with Gasteiger partial charge in [0.05, 0.1) is 18.2 Å². The molecule has 0 bridgehead atoms. The van der Waals surface area contributed by atoms with Crippen molar-refractivity contribution in [2.24, 2.45) is 0 Å². The minimum atomic E-state index is -3.56. The maximum Gasteiger partial charge on any atom is 0.228 e. The van der Waals surface area contributed by atoms with Crippen molar-refractivity contribution < 1.29 is 13.2 Å². The van der Waals surface area contributed by atoms with Gasteiger partial charge in [-0.05, 0) is 19.8 Å². The topological polar surface area (TPSA) is 79.2 Å². The maximum absolute atomic E-state index is 11.8. The summed E-state index contributed by atoms with van der Waals surface area (Å²) in [5, 5.41) is 7.74. The molecule has 1 saturated heterocycles. The van der Waals surface area contributed by atoms with Gasteiger partial charge in [-0.25, -0.2) is 13.1 Å². The highest BCUT2D eigenvalue weighted by Crippen LogP contribution is 2.20. The molecule has 15 heavy (non-hydrogen) atoms. The van der Waals surface area contributed by atoms with Crippen molar-refractivity contribution in [3.63, 3.8) is 0 Å². The van der Waals surface area contributed by atoms with Crippen LogP contribution in [0.1, 0.15) is 26.7 Å². The van der Waals surface area contributed by atoms with Crippen LogP contribution in [0.4, 0.5) is 0 Å². The quantitative estimate of drug-likeness (QED) is 0.760. The third-order valence-corrected chi connectivity index (χ3v) is 4.46. The lowest BCUT2D eigenvalue weighted by Crippen LogP contribution is -2.49. The van der Waals surface area contributed by atoms with E-state index in [1.807, 2.05) is 0 Å². The van der Waals surface area contributed by atoms with Gasteiger partial charge < -0.3 is 4.74 Å². The average Bonchev–Trinajstić information content (AvgIpc) is 2.52. The van der Waals surface area contributed by atoms with Gasteiger partial charge in [0.25, 0.3) is 0 Å². The van der Waals surface area contributed by atoms with E-state index in [4.69, 9.17) is 10.00 Å². The molecule has 5 nitrogen and oxygen atoms in total. The summed E-state index contributed by atoms with van der Waals surface area (Å²) in [6, 6.07) is 1.79. The number of sulfonamides is 1. The van der Waals surface area contributed by atoms with Crippen LogP contribution in [-0.4, -0.2) is 32.4 Å². The van der Waals surface area contributed by atoms with Crippen LogP contribution < -0.4 is 4.72 Å². The molecule has 86 valence electrons. The highest BCUT2D eigenvalue weighted by atomic mass is 32.2. The minimum absolute atomic E-state index is 0.294. The molecule has 0 aromatic carbocycles. The fourth-order valence-corrected chi connectivity index (χ4v) is 3.11. The molecule has 1 rings (SSSR count). The lowest BCUT2D eigenvalue weighted by molar-refractivity contribution is 0.178. The molecule has 1 heterocycles. The molecule has 2 atom stereocenters. The molecular weight excluding hydrogens is 216 g/mol. The van der Waals surface area contributed by atoms with Crippen LogP contribution in [0.2, 0.25) is 0 Å². The molecule has 1 fully saturated rings. The molecule has 0 radical (unpaired) electrons. The number of hydrogen-bond acceptors (Lipinski definition) is 4. The van der Waals surface area contributed by atoms with E-state index in [0.29, 0.717) is 26.1 Å². The van der Waals surface area contributed by atoms with E-state index in [1.54, 1.807) is 19.9 Å². The number of nitriles is 1. The van der Waals surface area contributed by atoms with Crippen LogP contribution >= 0.6 is 0 Å². The second kappa shape index (κ2) is 4.47. The molecule has 1 aliphatic rings. The third kappa shape index (κ3) is 2.91. The normalized spacial score (nSPS) is 28.6. The van der Waals surface area contributed by atoms with Gasteiger partial charge in [0, 0.05) is 6.61 Å². The Morgan fingerprint density at radius 2 is 2.33 bits per heavy atom. The lowest BCUT2D eigenvalue weighted by Gasteiger charge is -2.24. The Labute approximate surface area is 90.5 Å². The second-order valence-electron chi connectivity index (χ2n) is 4.04. The summed E-state index contributed by atoms with van der Waals surface area (Å²) in [4.78, 5) is 0. The summed E-state index contributed by atoms with van der Waals surface area (Å²) < 4.78 is 31.2. The van der Waals surface area contributed by atoms with Gasteiger partial charge in [-0.2, -0.15) is 5.26 Å². The molecule has 0 aromatic rings. The van der Waals surface area contributed by atoms with Gasteiger partial charge in [-0.1, -0.05) is 6.92 Å². The van der Waals surface area contributed by atoms with Crippen molar-refractivity contribution in [3.05, 3.63) is 0 Å². The fraction of sp³-hybridized carbons (Fsp3) is 0.889. The van der Waals surface area contributed by atoms with E-state index in [9.17, 15) is 8.42 Å². The number of hydrogen-bond donors (Lipinski definition) is 1. The first-order valence-electron chi connectivity index (χ1n) is 4.94. The molecular formula is C9H16N2O3S. The van der Waals surface area contributed by atoms with Crippen molar-refractivity contribution in [2.75, 3.05) is 13.2 Å². The Bertz CT molecular complexity index is 352. The van der Waals surface area contributed by atoms with Gasteiger partial charge in [-0.15, -0.1) is 0 Å². The predicted octanol–water partition coefficient (Wildman–Crippen LogP) is 0.387. The van der Waals surface area contributed by atoms with Crippen LogP contribution in [0, 0.1) is 11.3 Å². The Kier molecular flexibility index (Phi) is 3.71. The molecule has 0 spiro atoms. The highest BCUT2D eigenvalue weighted by molar-refractivity contribution is 7.90. The molecule has 1 aliphatic heterocycles. The Morgan fingerprint density at radius 1 is 1.67 bits per heavy atom. The largest absolute Gasteiger partial charge is 0.379 e. The lowest BCUT2D eigenvalue weighted by atomic mass is 10.0. The number of nitrogens with zero attached hydrogens (tertiary/aromatic N) is 1. The van der Waals surface area contributed by atoms with Crippen molar-refractivity contribution >= 4 is 10.0 Å². The molecule has 0 aromatic heterocycles. The van der Waals surface area contributed by atoms with Gasteiger partial charge in [0.15, 0.2) is 5.25 Å². The van der Waals surface area contributed by atoms with Crippen LogP contribution in [0.3, 0.4) is 0 Å². The van der Waals surface area contributed by atoms with Crippen molar-refractivity contribution in [1.29, 1.82) is 5.26 Å². The van der Waals surface area contributed by atoms with E-state index >= 15 is 0 Å².